The first kappa shape index (κ1) is 18.9. The second kappa shape index (κ2) is 6.54. The number of fused-ring (bicyclic) bond motifs is 1. The number of hydrogen-bond acceptors (Lipinski definition) is 5. The van der Waals surface area contributed by atoms with Crippen LogP contribution in [-0.2, 0) is 6.18 Å². The summed E-state index contributed by atoms with van der Waals surface area (Å²) >= 11 is 17.8. The molecule has 3 aromatic heterocycles. The van der Waals surface area contributed by atoms with Gasteiger partial charge in [0.15, 0.2) is 5.65 Å². The van der Waals surface area contributed by atoms with Gasteiger partial charge in [0.1, 0.15) is 11.4 Å². The number of nitrogens with zero attached hydrogens (tertiary/aromatic N) is 4. The van der Waals surface area contributed by atoms with Crippen molar-refractivity contribution in [2.75, 3.05) is 0 Å². The Morgan fingerprint density at radius 2 is 1.71 bits per heavy atom. The van der Waals surface area contributed by atoms with E-state index in [-0.39, 0.29) is 43.9 Å². The Hall–Kier alpha value is -2.49. The van der Waals surface area contributed by atoms with Gasteiger partial charge in [-0.15, -0.1) is 0 Å². The van der Waals surface area contributed by atoms with Gasteiger partial charge in [-0.1, -0.05) is 40.0 Å². The van der Waals surface area contributed by atoms with Crippen LogP contribution in [0.1, 0.15) is 5.56 Å². The minimum Gasteiger partial charge on any atom is -0.506 e. The van der Waals surface area contributed by atoms with Crippen LogP contribution in [0.25, 0.3) is 28.6 Å². The molecular formula is C16H6Cl3F3N4O2. The minimum atomic E-state index is -4.56. The van der Waals surface area contributed by atoms with E-state index in [2.05, 4.69) is 15.1 Å². The smallest absolute Gasteiger partial charge is 0.417 e. The highest BCUT2D eigenvalue weighted by molar-refractivity contribution is 6.36. The average molecular weight is 450 g/mol. The lowest BCUT2D eigenvalue weighted by molar-refractivity contribution is -0.137. The maximum Gasteiger partial charge on any atom is 0.417 e. The van der Waals surface area contributed by atoms with Crippen molar-refractivity contribution in [2.24, 2.45) is 0 Å². The Balaban J connectivity index is 1.78. The minimum absolute atomic E-state index is 0.0324. The first-order valence-electron chi connectivity index (χ1n) is 7.41. The Kier molecular flexibility index (Phi) is 4.40. The highest BCUT2D eigenvalue weighted by Gasteiger charge is 2.32. The third kappa shape index (κ3) is 3.25. The van der Waals surface area contributed by atoms with Crippen molar-refractivity contribution in [3.8, 4) is 28.7 Å². The van der Waals surface area contributed by atoms with Crippen LogP contribution < -0.4 is 0 Å². The van der Waals surface area contributed by atoms with Crippen LogP contribution in [0.15, 0.2) is 35.1 Å². The third-order valence-electron chi connectivity index (χ3n) is 3.76. The molecule has 0 aliphatic heterocycles. The van der Waals surface area contributed by atoms with Gasteiger partial charge in [-0.3, -0.25) is 0 Å². The van der Waals surface area contributed by atoms with Crippen molar-refractivity contribution in [2.45, 2.75) is 6.18 Å². The van der Waals surface area contributed by atoms with Gasteiger partial charge in [0.25, 0.3) is 5.89 Å². The van der Waals surface area contributed by atoms with E-state index in [0.29, 0.717) is 5.56 Å². The van der Waals surface area contributed by atoms with Crippen molar-refractivity contribution < 1.29 is 22.8 Å². The molecule has 144 valence electrons. The lowest BCUT2D eigenvalue weighted by Gasteiger charge is -2.07. The van der Waals surface area contributed by atoms with E-state index in [1.165, 1.54) is 18.3 Å². The molecule has 1 aromatic carbocycles. The summed E-state index contributed by atoms with van der Waals surface area (Å²) in [4.78, 5) is 8.27. The number of benzene rings is 1. The molecule has 0 saturated carbocycles. The second-order valence-electron chi connectivity index (χ2n) is 5.64. The van der Waals surface area contributed by atoms with Crippen LogP contribution in [0.2, 0.25) is 15.1 Å². The first-order chi connectivity index (χ1) is 13.1. The topological polar surface area (TPSA) is 76.5 Å². The molecule has 1 N–H and O–H groups in total. The van der Waals surface area contributed by atoms with Crippen LogP contribution >= 0.6 is 34.8 Å². The molecule has 0 unspecified atom stereocenters. The van der Waals surface area contributed by atoms with Gasteiger partial charge < -0.3 is 14.0 Å². The van der Waals surface area contributed by atoms with Crippen molar-refractivity contribution in [1.29, 1.82) is 0 Å². The number of hydrogen-bond donors (Lipinski definition) is 1. The number of halogens is 6. The van der Waals surface area contributed by atoms with Crippen molar-refractivity contribution in [1.82, 2.24) is 19.5 Å². The van der Waals surface area contributed by atoms with E-state index in [4.69, 9.17) is 39.3 Å². The molecule has 12 heteroatoms. The quantitative estimate of drug-likeness (QED) is 0.422. The number of phenols is 1. The second-order valence-corrected chi connectivity index (χ2v) is 6.86. The van der Waals surface area contributed by atoms with Crippen LogP contribution in [0, 0.1) is 0 Å². The summed E-state index contributed by atoms with van der Waals surface area (Å²) in [6, 6.07) is 3.35. The maximum atomic E-state index is 12.9. The fraction of sp³-hybridized carbons (Fsp3) is 0.0625. The third-order valence-corrected chi connectivity index (χ3v) is 4.65. The molecule has 0 atom stereocenters. The summed E-state index contributed by atoms with van der Waals surface area (Å²) in [6.07, 6.45) is -2.43. The molecule has 0 spiro atoms. The monoisotopic (exact) mass is 448 g/mol. The van der Waals surface area contributed by atoms with E-state index in [9.17, 15) is 18.3 Å². The van der Waals surface area contributed by atoms with E-state index in [1.54, 1.807) is 0 Å². The summed E-state index contributed by atoms with van der Waals surface area (Å²) in [5, 5.41) is 13.3. The molecule has 0 saturated heterocycles. The van der Waals surface area contributed by atoms with Gasteiger partial charge in [0.2, 0.25) is 5.82 Å². The first-order valence-corrected chi connectivity index (χ1v) is 8.55. The fourth-order valence-corrected chi connectivity index (χ4v) is 3.12. The molecule has 0 amide bonds. The molecule has 4 rings (SSSR count). The number of alkyl halides is 3. The number of phenolic OH excluding ortho intramolecular Hbond substituents is 1. The summed E-state index contributed by atoms with van der Waals surface area (Å²) in [6.45, 7) is 0. The largest absolute Gasteiger partial charge is 0.506 e. The Morgan fingerprint density at radius 1 is 0.964 bits per heavy atom. The summed E-state index contributed by atoms with van der Waals surface area (Å²) in [7, 11) is 0. The maximum absolute atomic E-state index is 12.9. The Labute approximate surface area is 169 Å². The van der Waals surface area contributed by atoms with Crippen molar-refractivity contribution in [3.05, 3.63) is 51.2 Å². The molecule has 0 radical (unpaired) electrons. The molecule has 4 aromatic rings. The summed E-state index contributed by atoms with van der Waals surface area (Å²) < 4.78 is 45.1. The molecule has 6 nitrogen and oxygen atoms in total. The number of pyridine rings is 1. The van der Waals surface area contributed by atoms with Crippen molar-refractivity contribution in [3.63, 3.8) is 0 Å². The standard InChI is InChI=1S/C16H6Cl3F3N4O2/c17-8-3-12(27)9(18)2-7(8)13-24-15(28-25-13)11-5-26-4-6(16(20,21)22)1-10(19)14(26)23-11/h1-5,27H. The van der Waals surface area contributed by atoms with Gasteiger partial charge in [-0.2, -0.15) is 18.2 Å². The van der Waals surface area contributed by atoms with Crippen LogP contribution in [-0.4, -0.2) is 24.6 Å². The van der Waals surface area contributed by atoms with Gasteiger partial charge in [0, 0.05) is 24.0 Å². The molecule has 0 bridgehead atoms. The van der Waals surface area contributed by atoms with Crippen LogP contribution in [0.3, 0.4) is 0 Å². The lowest BCUT2D eigenvalue weighted by atomic mass is 10.2. The Bertz CT molecular complexity index is 1220. The SMILES string of the molecule is Oc1cc(Cl)c(-c2noc(-c3cn4cc(C(F)(F)F)cc(Cl)c4n3)n2)cc1Cl. The van der Waals surface area contributed by atoms with Gasteiger partial charge in [-0.05, 0) is 12.1 Å². The van der Waals surface area contributed by atoms with E-state index in [1.807, 2.05) is 0 Å². The molecular weight excluding hydrogens is 444 g/mol. The van der Waals surface area contributed by atoms with E-state index in [0.717, 1.165) is 16.7 Å². The fourth-order valence-electron chi connectivity index (χ4n) is 2.46. The summed E-state index contributed by atoms with van der Waals surface area (Å²) in [5.74, 6) is -0.223. The number of aromatic hydroxyl groups is 1. The lowest BCUT2D eigenvalue weighted by Crippen LogP contribution is -2.06. The number of aromatic nitrogens is 4. The van der Waals surface area contributed by atoms with E-state index < -0.39 is 11.7 Å². The zero-order valence-corrected chi connectivity index (χ0v) is 15.6. The van der Waals surface area contributed by atoms with E-state index >= 15 is 0 Å². The zero-order valence-electron chi connectivity index (χ0n) is 13.3. The predicted molar refractivity (Wildman–Crippen MR) is 95.6 cm³/mol. The van der Waals surface area contributed by atoms with Crippen LogP contribution in [0.4, 0.5) is 13.2 Å². The molecule has 3 heterocycles. The molecule has 0 fully saturated rings. The highest BCUT2D eigenvalue weighted by Crippen LogP contribution is 2.36. The Morgan fingerprint density at radius 3 is 2.43 bits per heavy atom. The van der Waals surface area contributed by atoms with Gasteiger partial charge in [0.05, 0.1) is 20.6 Å². The predicted octanol–water partition coefficient (Wildman–Crippen LogP) is 5.74. The normalized spacial score (nSPS) is 12.1. The number of rotatable bonds is 2. The molecule has 0 aliphatic rings. The van der Waals surface area contributed by atoms with Gasteiger partial charge >= 0.3 is 6.18 Å². The summed E-state index contributed by atoms with van der Waals surface area (Å²) in [5.41, 5.74) is -0.428. The number of imidazole rings is 1. The van der Waals surface area contributed by atoms with Gasteiger partial charge in [-0.25, -0.2) is 4.98 Å². The van der Waals surface area contributed by atoms with Crippen LogP contribution in [0.5, 0.6) is 5.75 Å². The highest BCUT2D eigenvalue weighted by atomic mass is 35.5. The average Bonchev–Trinajstić information content (AvgIpc) is 3.24. The van der Waals surface area contributed by atoms with Crippen molar-refractivity contribution >= 4 is 40.4 Å². The zero-order chi connectivity index (χ0) is 20.2. The molecule has 28 heavy (non-hydrogen) atoms. The molecule has 0 aliphatic carbocycles.